The van der Waals surface area contributed by atoms with Crippen LogP contribution in [0.5, 0.6) is 0 Å². The Bertz CT molecular complexity index is 328. The third kappa shape index (κ3) is 2.21. The molecule has 0 aromatic heterocycles. The van der Waals surface area contributed by atoms with Gasteiger partial charge in [-0.05, 0) is 0 Å². The van der Waals surface area contributed by atoms with Gasteiger partial charge in [-0.25, -0.2) is 13.2 Å². The number of amides is 1. The maximum atomic E-state index is 12.8. The van der Waals surface area contributed by atoms with E-state index in [1.54, 1.807) is 0 Å². The molecule has 1 aromatic rings. The van der Waals surface area contributed by atoms with E-state index in [1.165, 1.54) is 0 Å². The molecule has 1 rings (SSSR count). The molecule has 0 heterocycles. The lowest BCUT2D eigenvalue weighted by atomic mass is 10.1. The molecule has 0 aliphatic heterocycles. The molecule has 13 heavy (non-hydrogen) atoms. The summed E-state index contributed by atoms with van der Waals surface area (Å²) in [6.07, 6.45) is -0.571. The normalized spacial score (nSPS) is 10.1. The highest BCUT2D eigenvalue weighted by Crippen LogP contribution is 2.14. The number of nitrogens with two attached hydrogens (primary N) is 1. The van der Waals surface area contributed by atoms with Gasteiger partial charge in [0.15, 0.2) is 0 Å². The second-order valence-electron chi connectivity index (χ2n) is 2.49. The molecule has 0 spiro atoms. The molecule has 0 aliphatic rings. The van der Waals surface area contributed by atoms with Crippen LogP contribution in [0.1, 0.15) is 5.56 Å². The van der Waals surface area contributed by atoms with Gasteiger partial charge in [0.05, 0.1) is 6.42 Å². The van der Waals surface area contributed by atoms with Crippen molar-refractivity contribution >= 4 is 5.91 Å². The van der Waals surface area contributed by atoms with Crippen molar-refractivity contribution in [3.8, 4) is 0 Å². The van der Waals surface area contributed by atoms with Crippen molar-refractivity contribution in [1.29, 1.82) is 0 Å². The standard InChI is InChI=1S/C8H6F3NO/c9-4-1-6(10)5(3-8(12)13)7(11)2-4/h1-2H,3H2,(H2,12,13). The Balaban J connectivity index is 3.13. The highest BCUT2D eigenvalue weighted by Gasteiger charge is 2.12. The van der Waals surface area contributed by atoms with Crippen molar-refractivity contribution < 1.29 is 18.0 Å². The largest absolute Gasteiger partial charge is 0.369 e. The van der Waals surface area contributed by atoms with Crippen molar-refractivity contribution in [2.45, 2.75) is 6.42 Å². The Kier molecular flexibility index (Phi) is 2.55. The van der Waals surface area contributed by atoms with E-state index >= 15 is 0 Å². The van der Waals surface area contributed by atoms with Gasteiger partial charge >= 0.3 is 0 Å². The minimum absolute atomic E-state index is 0.501. The summed E-state index contributed by atoms with van der Waals surface area (Å²) in [5.74, 6) is -4.10. The second-order valence-corrected chi connectivity index (χ2v) is 2.49. The van der Waals surface area contributed by atoms with Crippen LogP contribution in [0, 0.1) is 17.5 Å². The topological polar surface area (TPSA) is 43.1 Å². The van der Waals surface area contributed by atoms with Crippen molar-refractivity contribution in [1.82, 2.24) is 0 Å². The summed E-state index contributed by atoms with van der Waals surface area (Å²) < 4.78 is 37.9. The Labute approximate surface area is 72.2 Å². The Morgan fingerprint density at radius 2 is 1.69 bits per heavy atom. The minimum atomic E-state index is -1.10. The van der Waals surface area contributed by atoms with Gasteiger partial charge in [-0.15, -0.1) is 0 Å². The van der Waals surface area contributed by atoms with E-state index in [1.807, 2.05) is 0 Å². The summed E-state index contributed by atoms with van der Waals surface area (Å²) in [6, 6.07) is 1.00. The monoisotopic (exact) mass is 189 g/mol. The van der Waals surface area contributed by atoms with Crippen LogP contribution in [0.3, 0.4) is 0 Å². The molecule has 2 N–H and O–H groups in total. The van der Waals surface area contributed by atoms with Crippen LogP contribution in [0.4, 0.5) is 13.2 Å². The molecule has 0 unspecified atom stereocenters. The summed E-state index contributed by atoms with van der Waals surface area (Å²) in [5, 5.41) is 0. The first kappa shape index (κ1) is 9.57. The van der Waals surface area contributed by atoms with Crippen molar-refractivity contribution in [2.24, 2.45) is 5.73 Å². The highest BCUT2D eigenvalue weighted by atomic mass is 19.1. The van der Waals surface area contributed by atoms with Gasteiger partial charge in [-0.2, -0.15) is 0 Å². The number of carbonyl (C=O) groups excluding carboxylic acids is 1. The van der Waals surface area contributed by atoms with E-state index in [9.17, 15) is 18.0 Å². The smallest absolute Gasteiger partial charge is 0.222 e. The van der Waals surface area contributed by atoms with Gasteiger partial charge in [-0.1, -0.05) is 0 Å². The molecule has 0 radical (unpaired) electrons. The van der Waals surface area contributed by atoms with E-state index < -0.39 is 35.3 Å². The third-order valence-corrected chi connectivity index (χ3v) is 1.46. The summed E-state index contributed by atoms with van der Waals surface area (Å²) in [7, 11) is 0. The Morgan fingerprint density at radius 3 is 2.08 bits per heavy atom. The van der Waals surface area contributed by atoms with Crippen LogP contribution >= 0.6 is 0 Å². The van der Waals surface area contributed by atoms with Gasteiger partial charge in [0.25, 0.3) is 0 Å². The minimum Gasteiger partial charge on any atom is -0.369 e. The Hall–Kier alpha value is -1.52. The molecule has 1 aromatic carbocycles. The first-order valence-electron chi connectivity index (χ1n) is 3.42. The molecule has 0 saturated carbocycles. The van der Waals surface area contributed by atoms with Gasteiger partial charge in [-0.3, -0.25) is 4.79 Å². The van der Waals surface area contributed by atoms with Crippen molar-refractivity contribution in [3.63, 3.8) is 0 Å². The number of primary amides is 1. The number of rotatable bonds is 2. The number of benzene rings is 1. The fourth-order valence-corrected chi connectivity index (χ4v) is 0.915. The Morgan fingerprint density at radius 1 is 1.23 bits per heavy atom. The average molecular weight is 189 g/mol. The number of hydrogen-bond acceptors (Lipinski definition) is 1. The van der Waals surface area contributed by atoms with Crippen molar-refractivity contribution in [2.75, 3.05) is 0 Å². The molecule has 2 nitrogen and oxygen atoms in total. The third-order valence-electron chi connectivity index (χ3n) is 1.46. The van der Waals surface area contributed by atoms with Gasteiger partial charge < -0.3 is 5.73 Å². The van der Waals surface area contributed by atoms with Crippen LogP contribution in [0.15, 0.2) is 12.1 Å². The van der Waals surface area contributed by atoms with Crippen LogP contribution in [0.25, 0.3) is 0 Å². The highest BCUT2D eigenvalue weighted by molar-refractivity contribution is 5.76. The van der Waals surface area contributed by atoms with Gasteiger partial charge in [0, 0.05) is 17.7 Å². The molecule has 0 fully saturated rings. The fourth-order valence-electron chi connectivity index (χ4n) is 0.915. The van der Waals surface area contributed by atoms with Crippen LogP contribution in [-0.4, -0.2) is 5.91 Å². The molecule has 5 heteroatoms. The maximum Gasteiger partial charge on any atom is 0.222 e. The van der Waals surface area contributed by atoms with Gasteiger partial charge in [0.2, 0.25) is 5.91 Å². The van der Waals surface area contributed by atoms with Crippen molar-refractivity contribution in [3.05, 3.63) is 35.1 Å². The quantitative estimate of drug-likeness (QED) is 0.744. The summed E-state index contributed by atoms with van der Waals surface area (Å²) in [4.78, 5) is 10.4. The molecule has 0 atom stereocenters. The molecular formula is C8H6F3NO. The molecule has 0 aliphatic carbocycles. The molecule has 0 saturated heterocycles. The molecule has 70 valence electrons. The zero-order chi connectivity index (χ0) is 10.0. The first-order valence-corrected chi connectivity index (χ1v) is 3.42. The van der Waals surface area contributed by atoms with E-state index in [-0.39, 0.29) is 0 Å². The summed E-state index contributed by atoms with van der Waals surface area (Å²) >= 11 is 0. The fraction of sp³-hybridized carbons (Fsp3) is 0.125. The van der Waals surface area contributed by atoms with E-state index in [0.717, 1.165) is 0 Å². The van der Waals surface area contributed by atoms with Crippen LogP contribution < -0.4 is 5.73 Å². The second kappa shape index (κ2) is 3.47. The predicted octanol–water partition coefficient (Wildman–Crippen LogP) is 1.13. The summed E-state index contributed by atoms with van der Waals surface area (Å²) in [6.45, 7) is 0. The number of carbonyl (C=O) groups is 1. The number of halogens is 3. The lowest BCUT2D eigenvalue weighted by Crippen LogP contribution is -2.16. The predicted molar refractivity (Wildman–Crippen MR) is 39.2 cm³/mol. The molecule has 1 amide bonds. The maximum absolute atomic E-state index is 12.8. The zero-order valence-electron chi connectivity index (χ0n) is 6.48. The lowest BCUT2D eigenvalue weighted by molar-refractivity contribution is -0.117. The van der Waals surface area contributed by atoms with Crippen LogP contribution in [0.2, 0.25) is 0 Å². The zero-order valence-corrected chi connectivity index (χ0v) is 6.48. The lowest BCUT2D eigenvalue weighted by Gasteiger charge is -2.01. The molecular weight excluding hydrogens is 183 g/mol. The van der Waals surface area contributed by atoms with E-state index in [4.69, 9.17) is 5.73 Å². The number of hydrogen-bond donors (Lipinski definition) is 1. The SMILES string of the molecule is NC(=O)Cc1c(F)cc(F)cc1F. The first-order chi connectivity index (χ1) is 6.00. The summed E-state index contributed by atoms with van der Waals surface area (Å²) in [5.41, 5.74) is 4.23. The van der Waals surface area contributed by atoms with E-state index in [2.05, 4.69) is 0 Å². The van der Waals surface area contributed by atoms with Gasteiger partial charge in [0.1, 0.15) is 17.5 Å². The average Bonchev–Trinajstić information content (AvgIpc) is 1.96. The molecule has 0 bridgehead atoms. The van der Waals surface area contributed by atoms with Crippen LogP contribution in [-0.2, 0) is 11.2 Å². The van der Waals surface area contributed by atoms with E-state index in [0.29, 0.717) is 12.1 Å².